The van der Waals surface area contributed by atoms with Crippen LogP contribution in [0.2, 0.25) is 0 Å². The van der Waals surface area contributed by atoms with Crippen molar-refractivity contribution in [2.45, 2.75) is 37.8 Å². The fourth-order valence-electron chi connectivity index (χ4n) is 1.79. The minimum atomic E-state index is -2.07. The second-order valence-electron chi connectivity index (χ2n) is 5.60. The van der Waals surface area contributed by atoms with E-state index in [4.69, 9.17) is 10.2 Å². The van der Waals surface area contributed by atoms with Crippen LogP contribution in [0.25, 0.3) is 0 Å². The fraction of sp³-hybridized carbons (Fsp3) is 0.750. The normalized spacial score (nSPS) is 16.5. The Bertz CT molecular complexity index is 373. The molecule has 0 aromatic heterocycles. The SMILES string of the molecule is CC(C(O)(CC(=O)O)C(=O)CCC(=O)O)[N+](C)(C)C. The maximum Gasteiger partial charge on any atom is 0.307 e. The van der Waals surface area contributed by atoms with Gasteiger partial charge in [0.1, 0.15) is 6.04 Å². The molecule has 2 unspecified atom stereocenters. The molecule has 0 aliphatic heterocycles. The molecular weight excluding hydrogens is 254 g/mol. The molecule has 0 fully saturated rings. The molecule has 0 amide bonds. The molecule has 7 nitrogen and oxygen atoms in total. The van der Waals surface area contributed by atoms with Crippen molar-refractivity contribution < 1.29 is 34.2 Å². The lowest BCUT2D eigenvalue weighted by molar-refractivity contribution is -0.900. The quantitative estimate of drug-likeness (QED) is 0.526. The number of rotatable bonds is 8. The summed E-state index contributed by atoms with van der Waals surface area (Å²) in [6, 6.07) is -0.676. The molecule has 110 valence electrons. The molecule has 2 atom stereocenters. The molecule has 3 N–H and O–H groups in total. The van der Waals surface area contributed by atoms with Crippen molar-refractivity contribution in [3.05, 3.63) is 0 Å². The van der Waals surface area contributed by atoms with Gasteiger partial charge in [0.05, 0.1) is 34.0 Å². The Balaban J connectivity index is 5.22. The van der Waals surface area contributed by atoms with Crippen LogP contribution in [0.15, 0.2) is 0 Å². The number of Topliss-reactive ketones (excluding diaryl/α,β-unsaturated/α-hetero) is 1. The summed E-state index contributed by atoms with van der Waals surface area (Å²) in [4.78, 5) is 33.3. The van der Waals surface area contributed by atoms with Crippen LogP contribution in [0.4, 0.5) is 0 Å². The van der Waals surface area contributed by atoms with Crippen LogP contribution in [-0.4, -0.2) is 70.3 Å². The van der Waals surface area contributed by atoms with Crippen molar-refractivity contribution in [1.82, 2.24) is 0 Å². The van der Waals surface area contributed by atoms with Gasteiger partial charge in [-0.25, -0.2) is 0 Å². The summed E-state index contributed by atoms with van der Waals surface area (Å²) in [6.07, 6.45) is -1.55. The van der Waals surface area contributed by atoms with Gasteiger partial charge >= 0.3 is 11.9 Å². The maximum atomic E-state index is 12.0. The fourth-order valence-corrected chi connectivity index (χ4v) is 1.79. The first-order valence-electron chi connectivity index (χ1n) is 5.91. The lowest BCUT2D eigenvalue weighted by atomic mass is 9.83. The van der Waals surface area contributed by atoms with Crippen LogP contribution in [0.3, 0.4) is 0 Å². The van der Waals surface area contributed by atoms with E-state index in [2.05, 4.69) is 0 Å². The Labute approximate surface area is 112 Å². The molecule has 0 aliphatic rings. The summed E-state index contributed by atoms with van der Waals surface area (Å²) in [5, 5.41) is 27.8. The highest BCUT2D eigenvalue weighted by Crippen LogP contribution is 2.25. The molecular formula is C12H22NO6+. The van der Waals surface area contributed by atoms with E-state index in [0.29, 0.717) is 0 Å². The number of quaternary nitrogens is 1. The molecule has 0 aromatic rings. The molecule has 0 rings (SSSR count). The molecule has 0 radical (unpaired) electrons. The van der Waals surface area contributed by atoms with Crippen LogP contribution in [0.1, 0.15) is 26.2 Å². The van der Waals surface area contributed by atoms with Crippen LogP contribution < -0.4 is 0 Å². The maximum absolute atomic E-state index is 12.0. The Morgan fingerprint density at radius 3 is 1.84 bits per heavy atom. The van der Waals surface area contributed by atoms with Gasteiger partial charge in [-0.2, -0.15) is 0 Å². The number of carboxylic acids is 2. The predicted molar refractivity (Wildman–Crippen MR) is 66.6 cm³/mol. The van der Waals surface area contributed by atoms with Gasteiger partial charge in [0.25, 0.3) is 0 Å². The number of hydrogen-bond donors (Lipinski definition) is 3. The Hall–Kier alpha value is -1.47. The molecule has 0 spiro atoms. The number of likely N-dealkylation sites (N-methyl/N-ethyl adjacent to an activating group) is 1. The minimum absolute atomic E-state index is 0.183. The number of carbonyl (C=O) groups is 3. The van der Waals surface area contributed by atoms with Crippen molar-refractivity contribution in [3.8, 4) is 0 Å². The number of hydrogen-bond acceptors (Lipinski definition) is 4. The van der Waals surface area contributed by atoms with Gasteiger partial charge in [-0.1, -0.05) is 0 Å². The summed E-state index contributed by atoms with van der Waals surface area (Å²) in [5.41, 5.74) is -2.07. The third-order valence-electron chi connectivity index (χ3n) is 3.32. The molecule has 0 aliphatic carbocycles. The molecule has 0 bridgehead atoms. The average molecular weight is 276 g/mol. The monoisotopic (exact) mass is 276 g/mol. The highest BCUT2D eigenvalue weighted by molar-refractivity contribution is 5.93. The van der Waals surface area contributed by atoms with Crippen molar-refractivity contribution in [1.29, 1.82) is 0 Å². The molecule has 0 saturated carbocycles. The zero-order chi connectivity index (χ0) is 15.4. The third-order valence-corrected chi connectivity index (χ3v) is 3.32. The first-order valence-corrected chi connectivity index (χ1v) is 5.91. The lowest BCUT2D eigenvalue weighted by Gasteiger charge is -2.40. The van der Waals surface area contributed by atoms with Gasteiger partial charge in [-0.3, -0.25) is 14.4 Å². The smallest absolute Gasteiger partial charge is 0.307 e. The molecule has 0 heterocycles. The minimum Gasteiger partial charge on any atom is -0.481 e. The van der Waals surface area contributed by atoms with Gasteiger partial charge in [-0.05, 0) is 6.92 Å². The van der Waals surface area contributed by atoms with E-state index in [0.717, 1.165) is 0 Å². The number of ketones is 1. The zero-order valence-electron chi connectivity index (χ0n) is 11.7. The highest BCUT2D eigenvalue weighted by Gasteiger charge is 2.49. The number of nitrogens with zero attached hydrogens (tertiary/aromatic N) is 1. The van der Waals surface area contributed by atoms with Crippen molar-refractivity contribution >= 4 is 17.7 Å². The zero-order valence-corrected chi connectivity index (χ0v) is 11.7. The number of aliphatic hydroxyl groups is 1. The van der Waals surface area contributed by atoms with E-state index in [-0.39, 0.29) is 10.9 Å². The standard InChI is InChI=1S/C12H21NO6/c1-8(13(2,3)4)12(19,7-11(17)18)9(14)5-6-10(15)16/h8,19H,5-7H2,1-4H3,(H-,15,16,17,18)/p+1. The van der Waals surface area contributed by atoms with Crippen LogP contribution >= 0.6 is 0 Å². The van der Waals surface area contributed by atoms with E-state index in [1.165, 1.54) is 0 Å². The number of carboxylic acid groups (broad SMARTS) is 2. The number of aliphatic carboxylic acids is 2. The first kappa shape index (κ1) is 17.5. The molecule has 0 saturated heterocycles. The second kappa shape index (κ2) is 6.12. The second-order valence-corrected chi connectivity index (χ2v) is 5.60. The van der Waals surface area contributed by atoms with Crippen molar-refractivity contribution in [2.24, 2.45) is 0 Å². The largest absolute Gasteiger partial charge is 0.481 e. The molecule has 7 heteroatoms. The van der Waals surface area contributed by atoms with Gasteiger partial charge in [0.15, 0.2) is 11.4 Å². The van der Waals surface area contributed by atoms with Crippen LogP contribution in [-0.2, 0) is 14.4 Å². The van der Waals surface area contributed by atoms with Gasteiger partial charge < -0.3 is 19.8 Å². The average Bonchev–Trinajstić information content (AvgIpc) is 2.22. The Kier molecular flexibility index (Phi) is 5.64. The van der Waals surface area contributed by atoms with Gasteiger partial charge in [-0.15, -0.1) is 0 Å². The predicted octanol–water partition coefficient (Wildman–Crippen LogP) is -0.279. The van der Waals surface area contributed by atoms with E-state index in [1.54, 1.807) is 28.1 Å². The first-order chi connectivity index (χ1) is 8.41. The summed E-state index contributed by atoms with van der Waals surface area (Å²) < 4.78 is 0.183. The van der Waals surface area contributed by atoms with Gasteiger partial charge in [0, 0.05) is 6.42 Å². The summed E-state index contributed by atoms with van der Waals surface area (Å²) in [5.74, 6) is -3.21. The van der Waals surface area contributed by atoms with E-state index in [1.807, 2.05) is 0 Å². The topological polar surface area (TPSA) is 112 Å². The molecule has 19 heavy (non-hydrogen) atoms. The van der Waals surface area contributed by atoms with Crippen molar-refractivity contribution in [3.63, 3.8) is 0 Å². The summed E-state index contributed by atoms with van der Waals surface area (Å²) >= 11 is 0. The van der Waals surface area contributed by atoms with Crippen molar-refractivity contribution in [2.75, 3.05) is 21.1 Å². The van der Waals surface area contributed by atoms with Gasteiger partial charge in [0.2, 0.25) is 0 Å². The third kappa shape index (κ3) is 4.96. The molecule has 0 aromatic carbocycles. The van der Waals surface area contributed by atoms with E-state index >= 15 is 0 Å². The van der Waals surface area contributed by atoms with Crippen LogP contribution in [0, 0.1) is 0 Å². The summed E-state index contributed by atoms with van der Waals surface area (Å²) in [6.45, 7) is 1.57. The van der Waals surface area contributed by atoms with E-state index in [9.17, 15) is 19.5 Å². The highest BCUT2D eigenvalue weighted by atomic mass is 16.4. The number of carbonyl (C=O) groups excluding carboxylic acids is 1. The lowest BCUT2D eigenvalue weighted by Crippen LogP contribution is -2.61. The Morgan fingerprint density at radius 1 is 1.05 bits per heavy atom. The summed E-state index contributed by atoms with van der Waals surface area (Å²) in [7, 11) is 5.17. The van der Waals surface area contributed by atoms with E-state index < -0.39 is 42.2 Å². The Morgan fingerprint density at radius 2 is 1.53 bits per heavy atom. The van der Waals surface area contributed by atoms with Crippen LogP contribution in [0.5, 0.6) is 0 Å².